The van der Waals surface area contributed by atoms with E-state index in [4.69, 9.17) is 24.7 Å². The molecule has 3 N–H and O–H groups in total. The molecule has 9 nitrogen and oxygen atoms in total. The summed E-state index contributed by atoms with van der Waals surface area (Å²) in [6.45, 7) is 0.289. The molecular formula is C23H19N3O6. The molecule has 2 heterocycles. The Bertz CT molecular complexity index is 1240. The van der Waals surface area contributed by atoms with Crippen LogP contribution in [0, 0.1) is 0 Å². The fraction of sp³-hybridized carbons (Fsp3) is 0.130. The van der Waals surface area contributed by atoms with Crippen molar-refractivity contribution in [3.8, 4) is 23.0 Å². The summed E-state index contributed by atoms with van der Waals surface area (Å²) in [6, 6.07) is 14.9. The number of hydrogen-bond acceptors (Lipinski definition) is 7. The van der Waals surface area contributed by atoms with Crippen LogP contribution in [-0.4, -0.2) is 32.4 Å². The Labute approximate surface area is 183 Å². The molecule has 0 radical (unpaired) electrons. The molecule has 9 heteroatoms. The van der Waals surface area contributed by atoms with Crippen molar-refractivity contribution >= 4 is 28.9 Å². The average Bonchev–Trinajstić information content (AvgIpc) is 3.46. The smallest absolute Gasteiger partial charge is 0.258 e. The van der Waals surface area contributed by atoms with E-state index in [9.17, 15) is 9.59 Å². The number of rotatable bonds is 4. The predicted molar refractivity (Wildman–Crippen MR) is 117 cm³/mol. The lowest BCUT2D eigenvalue weighted by molar-refractivity contribution is 0.0993. The van der Waals surface area contributed by atoms with Crippen LogP contribution >= 0.6 is 0 Å². The number of fused-ring (bicyclic) bond motifs is 2. The molecule has 0 spiro atoms. The summed E-state index contributed by atoms with van der Waals surface area (Å²) in [7, 11) is 1.64. The maximum atomic E-state index is 13.1. The molecule has 32 heavy (non-hydrogen) atoms. The molecule has 2 amide bonds. The number of anilines is 3. The monoisotopic (exact) mass is 433 g/mol. The molecule has 3 aromatic carbocycles. The molecule has 0 unspecified atom stereocenters. The minimum atomic E-state index is -0.443. The Hall–Kier alpha value is -4.40. The Morgan fingerprint density at radius 1 is 0.844 bits per heavy atom. The lowest BCUT2D eigenvalue weighted by atomic mass is 10.1. The minimum absolute atomic E-state index is 0.140. The normalized spacial score (nSPS) is 13.0. The highest BCUT2D eigenvalue weighted by Crippen LogP contribution is 2.36. The number of nitrogens with zero attached hydrogens (tertiary/aromatic N) is 1. The number of hydrogen-bond donors (Lipinski definition) is 2. The third-order valence-corrected chi connectivity index (χ3v) is 5.22. The molecule has 2 aliphatic heterocycles. The lowest BCUT2D eigenvalue weighted by Gasteiger charge is -2.18. The second-order valence-electron chi connectivity index (χ2n) is 7.23. The maximum Gasteiger partial charge on any atom is 0.258 e. The van der Waals surface area contributed by atoms with Crippen LogP contribution in [0.3, 0.4) is 0 Å². The standard InChI is InChI=1S/C23H19N3O6/c1-26(15-4-7-19-21(10-15)32-12-30-19)23(28)13-2-5-17(24)16(8-13)22(27)25-14-3-6-18-20(9-14)31-11-29-18/h2-10H,11-12,24H2,1H3,(H,25,27). The van der Waals surface area contributed by atoms with Crippen molar-refractivity contribution in [2.24, 2.45) is 0 Å². The first-order chi connectivity index (χ1) is 15.5. The van der Waals surface area contributed by atoms with Gasteiger partial charge in [0.1, 0.15) is 0 Å². The number of nitrogen functional groups attached to an aromatic ring is 1. The quantitative estimate of drug-likeness (QED) is 0.608. The molecule has 162 valence electrons. The van der Waals surface area contributed by atoms with Gasteiger partial charge in [0.25, 0.3) is 11.8 Å². The summed E-state index contributed by atoms with van der Waals surface area (Å²) in [5.74, 6) is 1.61. The van der Waals surface area contributed by atoms with E-state index in [1.165, 1.54) is 17.0 Å². The molecule has 2 aliphatic rings. The predicted octanol–water partition coefficient (Wildman–Crippen LogP) is 3.26. The van der Waals surface area contributed by atoms with Crippen molar-refractivity contribution in [2.45, 2.75) is 0 Å². The Balaban J connectivity index is 1.37. The van der Waals surface area contributed by atoms with E-state index >= 15 is 0 Å². The Morgan fingerprint density at radius 3 is 2.25 bits per heavy atom. The third kappa shape index (κ3) is 3.49. The van der Waals surface area contributed by atoms with Gasteiger partial charge < -0.3 is 34.9 Å². The summed E-state index contributed by atoms with van der Waals surface area (Å²) in [5, 5.41) is 2.77. The second kappa shape index (κ2) is 7.69. The van der Waals surface area contributed by atoms with Gasteiger partial charge in [-0.15, -0.1) is 0 Å². The van der Waals surface area contributed by atoms with E-state index < -0.39 is 5.91 Å². The molecular weight excluding hydrogens is 414 g/mol. The summed E-state index contributed by atoms with van der Waals surface area (Å²) in [5.41, 5.74) is 7.93. The number of nitrogens with two attached hydrogens (primary N) is 1. The van der Waals surface area contributed by atoms with Crippen molar-refractivity contribution in [1.29, 1.82) is 0 Å². The van der Waals surface area contributed by atoms with Crippen LogP contribution in [0.15, 0.2) is 54.6 Å². The summed E-state index contributed by atoms with van der Waals surface area (Å²) in [4.78, 5) is 27.4. The zero-order valence-electron chi connectivity index (χ0n) is 17.1. The molecule has 0 atom stereocenters. The van der Waals surface area contributed by atoms with Gasteiger partial charge in [0.15, 0.2) is 23.0 Å². The van der Waals surface area contributed by atoms with Crippen LogP contribution in [0.25, 0.3) is 0 Å². The zero-order valence-corrected chi connectivity index (χ0v) is 17.1. The summed E-state index contributed by atoms with van der Waals surface area (Å²) in [6.07, 6.45) is 0. The number of amides is 2. The summed E-state index contributed by atoms with van der Waals surface area (Å²) >= 11 is 0. The van der Waals surface area contributed by atoms with Gasteiger partial charge in [0.05, 0.1) is 5.56 Å². The zero-order chi connectivity index (χ0) is 22.2. The van der Waals surface area contributed by atoms with Gasteiger partial charge in [-0.1, -0.05) is 0 Å². The molecule has 0 saturated carbocycles. The SMILES string of the molecule is CN(C(=O)c1ccc(N)c(C(=O)Nc2ccc3c(c2)OCO3)c1)c1ccc2c(c1)OCO2. The van der Waals surface area contributed by atoms with Crippen LogP contribution in [0.4, 0.5) is 17.1 Å². The van der Waals surface area contributed by atoms with E-state index in [2.05, 4.69) is 5.32 Å². The maximum absolute atomic E-state index is 13.1. The second-order valence-corrected chi connectivity index (χ2v) is 7.23. The molecule has 0 fully saturated rings. The van der Waals surface area contributed by atoms with Crippen LogP contribution < -0.4 is 34.9 Å². The van der Waals surface area contributed by atoms with E-state index in [0.717, 1.165) is 0 Å². The topological polar surface area (TPSA) is 112 Å². The molecule has 3 aromatic rings. The van der Waals surface area contributed by atoms with E-state index in [0.29, 0.717) is 39.9 Å². The van der Waals surface area contributed by atoms with Gasteiger partial charge in [0, 0.05) is 41.8 Å². The van der Waals surface area contributed by atoms with Gasteiger partial charge in [-0.25, -0.2) is 0 Å². The van der Waals surface area contributed by atoms with Crippen molar-refractivity contribution in [3.05, 3.63) is 65.7 Å². The van der Waals surface area contributed by atoms with Gasteiger partial charge in [-0.3, -0.25) is 9.59 Å². The first kappa shape index (κ1) is 19.6. The van der Waals surface area contributed by atoms with E-state index in [-0.39, 0.29) is 30.7 Å². The van der Waals surface area contributed by atoms with Crippen molar-refractivity contribution < 1.29 is 28.5 Å². The molecule has 0 aromatic heterocycles. The van der Waals surface area contributed by atoms with Gasteiger partial charge in [0.2, 0.25) is 13.6 Å². The highest BCUT2D eigenvalue weighted by molar-refractivity contribution is 6.11. The number of carbonyl (C=O) groups excluding carboxylic acids is 2. The Kier molecular flexibility index (Phi) is 4.70. The van der Waals surface area contributed by atoms with Crippen molar-refractivity contribution in [3.63, 3.8) is 0 Å². The summed E-state index contributed by atoms with van der Waals surface area (Å²) < 4.78 is 21.3. The highest BCUT2D eigenvalue weighted by Gasteiger charge is 2.21. The minimum Gasteiger partial charge on any atom is -0.454 e. The fourth-order valence-corrected chi connectivity index (χ4v) is 3.46. The average molecular weight is 433 g/mol. The van der Waals surface area contributed by atoms with E-state index in [1.54, 1.807) is 49.5 Å². The van der Waals surface area contributed by atoms with Crippen molar-refractivity contribution in [1.82, 2.24) is 0 Å². The number of carbonyl (C=O) groups is 2. The van der Waals surface area contributed by atoms with Gasteiger partial charge in [-0.2, -0.15) is 0 Å². The van der Waals surface area contributed by atoms with Crippen LogP contribution in [0.1, 0.15) is 20.7 Å². The first-order valence-corrected chi connectivity index (χ1v) is 9.78. The number of ether oxygens (including phenoxy) is 4. The number of nitrogens with one attached hydrogen (secondary N) is 1. The molecule has 0 bridgehead atoms. The molecule has 5 rings (SSSR count). The number of benzene rings is 3. The van der Waals surface area contributed by atoms with E-state index in [1.807, 2.05) is 0 Å². The lowest BCUT2D eigenvalue weighted by Crippen LogP contribution is -2.26. The Morgan fingerprint density at radius 2 is 1.50 bits per heavy atom. The van der Waals surface area contributed by atoms with Crippen LogP contribution in [0.5, 0.6) is 23.0 Å². The third-order valence-electron chi connectivity index (χ3n) is 5.22. The highest BCUT2D eigenvalue weighted by atomic mass is 16.7. The fourth-order valence-electron chi connectivity index (χ4n) is 3.46. The van der Waals surface area contributed by atoms with Gasteiger partial charge >= 0.3 is 0 Å². The van der Waals surface area contributed by atoms with Crippen LogP contribution in [0.2, 0.25) is 0 Å². The van der Waals surface area contributed by atoms with Crippen molar-refractivity contribution in [2.75, 3.05) is 36.6 Å². The largest absolute Gasteiger partial charge is 0.454 e. The van der Waals surface area contributed by atoms with Gasteiger partial charge in [-0.05, 0) is 42.5 Å². The van der Waals surface area contributed by atoms with Crippen LogP contribution in [-0.2, 0) is 0 Å². The molecule has 0 aliphatic carbocycles. The molecule has 0 saturated heterocycles. The first-order valence-electron chi connectivity index (χ1n) is 9.78.